The van der Waals surface area contributed by atoms with E-state index in [1.807, 2.05) is 19.1 Å². The summed E-state index contributed by atoms with van der Waals surface area (Å²) >= 11 is 0. The monoisotopic (exact) mass is 328 g/mol. The Morgan fingerprint density at radius 1 is 1.12 bits per heavy atom. The minimum absolute atomic E-state index is 0.0236. The van der Waals surface area contributed by atoms with Crippen LogP contribution >= 0.6 is 0 Å². The van der Waals surface area contributed by atoms with E-state index in [-0.39, 0.29) is 11.3 Å². The summed E-state index contributed by atoms with van der Waals surface area (Å²) in [5, 5.41) is 13.5. The lowest BCUT2D eigenvalue weighted by atomic mass is 10.1. The number of carbonyl (C=O) groups is 2. The Bertz CT molecular complexity index is 784. The van der Waals surface area contributed by atoms with Crippen molar-refractivity contribution in [2.75, 3.05) is 11.9 Å². The predicted molar refractivity (Wildman–Crippen MR) is 87.9 cm³/mol. The number of aryl methyl sites for hydroxylation is 2. The molecular formula is C17H16N2O5. The van der Waals surface area contributed by atoms with E-state index in [9.17, 15) is 19.7 Å². The van der Waals surface area contributed by atoms with Crippen LogP contribution in [0.3, 0.4) is 0 Å². The predicted octanol–water partition coefficient (Wildman–Crippen LogP) is 3.01. The topological polar surface area (TPSA) is 98.5 Å². The molecule has 2 aromatic rings. The lowest BCUT2D eigenvalue weighted by Crippen LogP contribution is -2.21. The van der Waals surface area contributed by atoms with E-state index in [1.165, 1.54) is 12.1 Å². The number of amides is 1. The SMILES string of the molecule is Cc1ccc(NC(=O)COC(=O)c2ccc(C)c([N+](=O)[O-])c2)cc1. The van der Waals surface area contributed by atoms with Crippen LogP contribution in [0.5, 0.6) is 0 Å². The molecule has 7 nitrogen and oxygen atoms in total. The Labute approximate surface area is 138 Å². The van der Waals surface area contributed by atoms with Gasteiger partial charge in [0.25, 0.3) is 11.6 Å². The van der Waals surface area contributed by atoms with Gasteiger partial charge < -0.3 is 10.1 Å². The molecule has 124 valence electrons. The number of hydrogen-bond acceptors (Lipinski definition) is 5. The fourth-order valence-corrected chi connectivity index (χ4v) is 1.98. The summed E-state index contributed by atoms with van der Waals surface area (Å²) in [6.45, 7) is 3.02. The highest BCUT2D eigenvalue weighted by Crippen LogP contribution is 2.19. The van der Waals surface area contributed by atoms with Crippen molar-refractivity contribution in [3.05, 3.63) is 69.3 Å². The molecule has 0 spiro atoms. The van der Waals surface area contributed by atoms with Crippen LogP contribution in [0.4, 0.5) is 11.4 Å². The number of rotatable bonds is 5. The van der Waals surface area contributed by atoms with Crippen LogP contribution in [-0.2, 0) is 9.53 Å². The van der Waals surface area contributed by atoms with Crippen molar-refractivity contribution in [1.29, 1.82) is 0 Å². The summed E-state index contributed by atoms with van der Waals surface area (Å²) in [5.74, 6) is -1.29. The van der Waals surface area contributed by atoms with Gasteiger partial charge in [-0.25, -0.2) is 4.79 Å². The van der Waals surface area contributed by atoms with Crippen molar-refractivity contribution in [2.45, 2.75) is 13.8 Å². The first-order chi connectivity index (χ1) is 11.4. The molecular weight excluding hydrogens is 312 g/mol. The molecule has 0 aliphatic heterocycles. The molecule has 1 N–H and O–H groups in total. The molecule has 0 saturated heterocycles. The van der Waals surface area contributed by atoms with Crippen LogP contribution < -0.4 is 5.32 Å². The largest absolute Gasteiger partial charge is 0.452 e. The summed E-state index contributed by atoms with van der Waals surface area (Å²) in [6, 6.07) is 11.2. The van der Waals surface area contributed by atoms with Gasteiger partial charge in [0.15, 0.2) is 6.61 Å². The van der Waals surface area contributed by atoms with Crippen molar-refractivity contribution < 1.29 is 19.2 Å². The second-order valence-corrected chi connectivity index (χ2v) is 5.25. The van der Waals surface area contributed by atoms with E-state index in [1.54, 1.807) is 19.1 Å². The number of carbonyl (C=O) groups excluding carboxylic acids is 2. The Hall–Kier alpha value is -3.22. The zero-order chi connectivity index (χ0) is 17.7. The highest BCUT2D eigenvalue weighted by atomic mass is 16.6. The van der Waals surface area contributed by atoms with Gasteiger partial charge >= 0.3 is 5.97 Å². The molecule has 0 aliphatic rings. The third-order valence-corrected chi connectivity index (χ3v) is 3.31. The standard InChI is InChI=1S/C17H16N2O5/c1-11-3-7-14(8-4-11)18-16(20)10-24-17(21)13-6-5-12(2)15(9-13)19(22)23/h3-9H,10H2,1-2H3,(H,18,20). The number of hydrogen-bond donors (Lipinski definition) is 1. The molecule has 0 atom stereocenters. The third-order valence-electron chi connectivity index (χ3n) is 3.31. The minimum atomic E-state index is -0.794. The number of nitrogens with zero attached hydrogens (tertiary/aromatic N) is 1. The van der Waals surface area contributed by atoms with Gasteiger partial charge in [-0.1, -0.05) is 23.8 Å². The van der Waals surface area contributed by atoms with E-state index >= 15 is 0 Å². The molecule has 0 radical (unpaired) electrons. The number of nitro groups is 1. The first kappa shape index (κ1) is 17.1. The Morgan fingerprint density at radius 2 is 1.79 bits per heavy atom. The summed E-state index contributed by atoms with van der Waals surface area (Å²) in [6.07, 6.45) is 0. The molecule has 2 rings (SSSR count). The number of nitrogens with one attached hydrogen (secondary N) is 1. The van der Waals surface area contributed by atoms with Gasteiger partial charge in [-0.3, -0.25) is 14.9 Å². The van der Waals surface area contributed by atoms with E-state index in [4.69, 9.17) is 4.74 Å². The van der Waals surface area contributed by atoms with Gasteiger partial charge in [-0.05, 0) is 32.0 Å². The summed E-state index contributed by atoms with van der Waals surface area (Å²) < 4.78 is 4.89. The number of nitro benzene ring substituents is 1. The maximum atomic E-state index is 11.9. The zero-order valence-electron chi connectivity index (χ0n) is 13.2. The number of ether oxygens (including phenoxy) is 1. The summed E-state index contributed by atoms with van der Waals surface area (Å²) in [4.78, 5) is 34.0. The molecule has 0 fully saturated rings. The second-order valence-electron chi connectivity index (χ2n) is 5.25. The van der Waals surface area contributed by atoms with Crippen molar-refractivity contribution in [3.8, 4) is 0 Å². The Kier molecular flexibility index (Phi) is 5.26. The highest BCUT2D eigenvalue weighted by molar-refractivity contribution is 5.95. The molecule has 0 heterocycles. The average Bonchev–Trinajstić information content (AvgIpc) is 2.55. The molecule has 7 heteroatoms. The van der Waals surface area contributed by atoms with E-state index in [0.717, 1.165) is 11.6 Å². The van der Waals surface area contributed by atoms with E-state index < -0.39 is 23.4 Å². The molecule has 1 amide bonds. The van der Waals surface area contributed by atoms with Gasteiger partial charge in [-0.15, -0.1) is 0 Å². The van der Waals surface area contributed by atoms with E-state index in [2.05, 4.69) is 5.32 Å². The van der Waals surface area contributed by atoms with Crippen LogP contribution in [0.1, 0.15) is 21.5 Å². The lowest BCUT2D eigenvalue weighted by Gasteiger charge is -2.07. The minimum Gasteiger partial charge on any atom is -0.452 e. The first-order valence-corrected chi connectivity index (χ1v) is 7.15. The van der Waals surface area contributed by atoms with Gasteiger partial charge in [0.05, 0.1) is 10.5 Å². The normalized spacial score (nSPS) is 10.1. The molecule has 0 unspecified atom stereocenters. The fraction of sp³-hybridized carbons (Fsp3) is 0.176. The number of benzene rings is 2. The van der Waals surface area contributed by atoms with Crippen LogP contribution in [0, 0.1) is 24.0 Å². The van der Waals surface area contributed by atoms with Crippen molar-refractivity contribution in [1.82, 2.24) is 0 Å². The maximum Gasteiger partial charge on any atom is 0.338 e. The molecule has 0 aromatic heterocycles. The Morgan fingerprint density at radius 3 is 2.42 bits per heavy atom. The van der Waals surface area contributed by atoms with Gasteiger partial charge in [0, 0.05) is 17.3 Å². The second kappa shape index (κ2) is 7.36. The maximum absolute atomic E-state index is 11.9. The molecule has 0 bridgehead atoms. The quantitative estimate of drug-likeness (QED) is 0.517. The lowest BCUT2D eigenvalue weighted by molar-refractivity contribution is -0.385. The van der Waals surface area contributed by atoms with Crippen LogP contribution in [0.15, 0.2) is 42.5 Å². The molecule has 0 aliphatic carbocycles. The van der Waals surface area contributed by atoms with Gasteiger partial charge in [0.1, 0.15) is 0 Å². The van der Waals surface area contributed by atoms with Crippen LogP contribution in [-0.4, -0.2) is 23.4 Å². The van der Waals surface area contributed by atoms with Crippen molar-refractivity contribution in [2.24, 2.45) is 0 Å². The fourth-order valence-electron chi connectivity index (χ4n) is 1.98. The van der Waals surface area contributed by atoms with Crippen molar-refractivity contribution >= 4 is 23.3 Å². The van der Waals surface area contributed by atoms with Crippen LogP contribution in [0.25, 0.3) is 0 Å². The molecule has 24 heavy (non-hydrogen) atoms. The smallest absolute Gasteiger partial charge is 0.338 e. The van der Waals surface area contributed by atoms with Gasteiger partial charge in [0.2, 0.25) is 0 Å². The Balaban J connectivity index is 1.95. The van der Waals surface area contributed by atoms with Crippen molar-refractivity contribution in [3.63, 3.8) is 0 Å². The highest BCUT2D eigenvalue weighted by Gasteiger charge is 2.16. The van der Waals surface area contributed by atoms with Gasteiger partial charge in [-0.2, -0.15) is 0 Å². The molecule has 0 saturated carbocycles. The van der Waals surface area contributed by atoms with E-state index in [0.29, 0.717) is 11.3 Å². The number of esters is 1. The third kappa shape index (κ3) is 4.39. The molecule has 2 aromatic carbocycles. The summed E-state index contributed by atoms with van der Waals surface area (Å²) in [5.41, 5.74) is 1.94. The first-order valence-electron chi connectivity index (χ1n) is 7.15. The zero-order valence-corrected chi connectivity index (χ0v) is 13.2. The average molecular weight is 328 g/mol. The van der Waals surface area contributed by atoms with Crippen LogP contribution in [0.2, 0.25) is 0 Å². The summed E-state index contributed by atoms with van der Waals surface area (Å²) in [7, 11) is 0. The number of anilines is 1.